The molecule has 2 amide bonds. The molecule has 1 saturated heterocycles. The first-order valence-electron chi connectivity index (χ1n) is 8.72. The molecule has 0 unspecified atom stereocenters. The van der Waals surface area contributed by atoms with Crippen molar-refractivity contribution in [1.29, 1.82) is 0 Å². The van der Waals surface area contributed by atoms with E-state index >= 15 is 0 Å². The second kappa shape index (κ2) is 8.51. The predicted molar refractivity (Wildman–Crippen MR) is 85.3 cm³/mol. The largest absolute Gasteiger partial charge is 0.378 e. The van der Waals surface area contributed by atoms with Crippen LogP contribution in [-0.4, -0.2) is 49.6 Å². The lowest BCUT2D eigenvalue weighted by Crippen LogP contribution is -2.45. The minimum atomic E-state index is 0.0981. The van der Waals surface area contributed by atoms with Crippen LogP contribution in [0.4, 0.5) is 0 Å². The van der Waals surface area contributed by atoms with Gasteiger partial charge in [0.05, 0.1) is 13.2 Å². The van der Waals surface area contributed by atoms with E-state index in [0.717, 1.165) is 38.6 Å². The second-order valence-electron chi connectivity index (χ2n) is 6.96. The lowest BCUT2D eigenvalue weighted by atomic mass is 9.81. The first kappa shape index (κ1) is 17.3. The van der Waals surface area contributed by atoms with Crippen molar-refractivity contribution in [1.82, 2.24) is 10.2 Å². The summed E-state index contributed by atoms with van der Waals surface area (Å²) in [5, 5.41) is 3.04. The summed E-state index contributed by atoms with van der Waals surface area (Å²) < 4.78 is 5.29. The average molecular weight is 310 g/mol. The van der Waals surface area contributed by atoms with Gasteiger partial charge in [-0.25, -0.2) is 0 Å². The fourth-order valence-corrected chi connectivity index (χ4v) is 3.27. The molecule has 2 rings (SSSR count). The summed E-state index contributed by atoms with van der Waals surface area (Å²) in [6.07, 6.45) is 4.40. The number of morpholine rings is 1. The van der Waals surface area contributed by atoms with Crippen LogP contribution in [0.2, 0.25) is 0 Å². The number of carbonyl (C=O) groups excluding carboxylic acids is 2. The molecule has 0 aromatic rings. The minimum absolute atomic E-state index is 0.0981. The highest BCUT2D eigenvalue weighted by Crippen LogP contribution is 2.30. The third-order valence-corrected chi connectivity index (χ3v) is 4.79. The molecule has 1 heterocycles. The fraction of sp³-hybridized carbons (Fsp3) is 0.882. The van der Waals surface area contributed by atoms with Gasteiger partial charge in [-0.2, -0.15) is 0 Å². The number of nitrogens with zero attached hydrogens (tertiary/aromatic N) is 1. The molecule has 1 aliphatic heterocycles. The van der Waals surface area contributed by atoms with Gasteiger partial charge in [0.1, 0.15) is 0 Å². The molecule has 0 bridgehead atoms. The van der Waals surface area contributed by atoms with E-state index in [2.05, 4.69) is 19.2 Å². The Kier molecular flexibility index (Phi) is 6.68. The summed E-state index contributed by atoms with van der Waals surface area (Å²) in [7, 11) is 0. The van der Waals surface area contributed by atoms with E-state index in [1.165, 1.54) is 0 Å². The lowest BCUT2D eigenvalue weighted by Gasteiger charge is -2.33. The van der Waals surface area contributed by atoms with Crippen LogP contribution in [0.25, 0.3) is 0 Å². The third-order valence-electron chi connectivity index (χ3n) is 4.79. The highest BCUT2D eigenvalue weighted by atomic mass is 16.5. The number of rotatable bonds is 5. The molecule has 1 N–H and O–H groups in total. The van der Waals surface area contributed by atoms with Crippen molar-refractivity contribution < 1.29 is 14.3 Å². The van der Waals surface area contributed by atoms with Crippen LogP contribution in [0.3, 0.4) is 0 Å². The summed E-state index contributed by atoms with van der Waals surface area (Å²) >= 11 is 0. The SMILES string of the molecule is CC(C)CCNC(=O)C1CCC(C(=O)N2CCOCC2)CC1. The van der Waals surface area contributed by atoms with E-state index in [0.29, 0.717) is 32.2 Å². The zero-order valence-corrected chi connectivity index (χ0v) is 14.0. The van der Waals surface area contributed by atoms with E-state index in [-0.39, 0.29) is 23.7 Å². The normalized spacial score (nSPS) is 26.0. The zero-order valence-electron chi connectivity index (χ0n) is 14.0. The van der Waals surface area contributed by atoms with Gasteiger partial charge < -0.3 is 15.0 Å². The highest BCUT2D eigenvalue weighted by Gasteiger charge is 2.32. The summed E-state index contributed by atoms with van der Waals surface area (Å²) in [5.74, 6) is 1.26. The van der Waals surface area contributed by atoms with Crippen LogP contribution in [0, 0.1) is 17.8 Å². The first-order valence-corrected chi connectivity index (χ1v) is 8.72. The molecular weight excluding hydrogens is 280 g/mol. The van der Waals surface area contributed by atoms with Crippen molar-refractivity contribution in [3.05, 3.63) is 0 Å². The molecule has 0 radical (unpaired) electrons. The number of nitrogens with one attached hydrogen (secondary N) is 1. The molecule has 0 aromatic carbocycles. The zero-order chi connectivity index (χ0) is 15.9. The molecule has 1 saturated carbocycles. The number of hydrogen-bond donors (Lipinski definition) is 1. The Balaban J connectivity index is 1.70. The summed E-state index contributed by atoms with van der Waals surface area (Å²) in [4.78, 5) is 26.5. The molecule has 126 valence electrons. The van der Waals surface area contributed by atoms with E-state index in [1.54, 1.807) is 0 Å². The van der Waals surface area contributed by atoms with Crippen LogP contribution >= 0.6 is 0 Å². The van der Waals surface area contributed by atoms with E-state index < -0.39 is 0 Å². The quantitative estimate of drug-likeness (QED) is 0.842. The van der Waals surface area contributed by atoms with Crippen molar-refractivity contribution in [2.75, 3.05) is 32.8 Å². The molecule has 1 aliphatic carbocycles. The Hall–Kier alpha value is -1.10. The summed E-state index contributed by atoms with van der Waals surface area (Å²) in [6.45, 7) is 7.83. The van der Waals surface area contributed by atoms with Crippen LogP contribution in [0.1, 0.15) is 46.0 Å². The molecular formula is C17H30N2O3. The maximum atomic E-state index is 12.4. The first-order chi connectivity index (χ1) is 10.6. The average Bonchev–Trinajstić information content (AvgIpc) is 2.54. The maximum absolute atomic E-state index is 12.4. The molecule has 0 atom stereocenters. The van der Waals surface area contributed by atoms with Crippen LogP contribution < -0.4 is 5.32 Å². The van der Waals surface area contributed by atoms with Crippen molar-refractivity contribution >= 4 is 11.8 Å². The Morgan fingerprint density at radius 2 is 1.68 bits per heavy atom. The van der Waals surface area contributed by atoms with Gasteiger partial charge in [-0.1, -0.05) is 13.8 Å². The minimum Gasteiger partial charge on any atom is -0.378 e. The van der Waals surface area contributed by atoms with Crippen LogP contribution in [-0.2, 0) is 14.3 Å². The lowest BCUT2D eigenvalue weighted by molar-refractivity contribution is -0.142. The Bertz CT molecular complexity index is 370. The van der Waals surface area contributed by atoms with E-state index in [4.69, 9.17) is 4.74 Å². The van der Waals surface area contributed by atoms with E-state index in [9.17, 15) is 9.59 Å². The number of ether oxygens (including phenoxy) is 1. The number of carbonyl (C=O) groups is 2. The number of amides is 2. The van der Waals surface area contributed by atoms with Gasteiger partial charge >= 0.3 is 0 Å². The Morgan fingerprint density at radius 3 is 2.27 bits per heavy atom. The van der Waals surface area contributed by atoms with Crippen molar-refractivity contribution in [2.45, 2.75) is 46.0 Å². The van der Waals surface area contributed by atoms with Gasteiger partial charge in [0.25, 0.3) is 0 Å². The van der Waals surface area contributed by atoms with Gasteiger partial charge in [-0.05, 0) is 38.0 Å². The topological polar surface area (TPSA) is 58.6 Å². The summed E-state index contributed by atoms with van der Waals surface area (Å²) in [5.41, 5.74) is 0. The molecule has 5 nitrogen and oxygen atoms in total. The van der Waals surface area contributed by atoms with Gasteiger partial charge in [-0.3, -0.25) is 9.59 Å². The van der Waals surface area contributed by atoms with Crippen LogP contribution in [0.15, 0.2) is 0 Å². The van der Waals surface area contributed by atoms with Gasteiger partial charge in [0.2, 0.25) is 11.8 Å². The standard InChI is InChI=1S/C17H30N2O3/c1-13(2)7-8-18-16(20)14-3-5-15(6-4-14)17(21)19-9-11-22-12-10-19/h13-15H,3-12H2,1-2H3,(H,18,20). The van der Waals surface area contributed by atoms with Gasteiger partial charge in [0, 0.05) is 31.5 Å². The van der Waals surface area contributed by atoms with E-state index in [1.807, 2.05) is 4.90 Å². The second-order valence-corrected chi connectivity index (χ2v) is 6.96. The molecule has 22 heavy (non-hydrogen) atoms. The Labute approximate surface area is 133 Å². The number of hydrogen-bond acceptors (Lipinski definition) is 3. The third kappa shape index (κ3) is 4.97. The Morgan fingerprint density at radius 1 is 1.09 bits per heavy atom. The fourth-order valence-electron chi connectivity index (χ4n) is 3.27. The van der Waals surface area contributed by atoms with Crippen molar-refractivity contribution in [2.24, 2.45) is 17.8 Å². The van der Waals surface area contributed by atoms with Crippen molar-refractivity contribution in [3.63, 3.8) is 0 Å². The smallest absolute Gasteiger partial charge is 0.225 e. The monoisotopic (exact) mass is 310 g/mol. The molecule has 2 aliphatic rings. The molecule has 5 heteroatoms. The van der Waals surface area contributed by atoms with Gasteiger partial charge in [0.15, 0.2) is 0 Å². The summed E-state index contributed by atoms with van der Waals surface area (Å²) in [6, 6.07) is 0. The van der Waals surface area contributed by atoms with Gasteiger partial charge in [-0.15, -0.1) is 0 Å². The molecule has 0 spiro atoms. The molecule has 0 aromatic heterocycles. The molecule has 2 fully saturated rings. The van der Waals surface area contributed by atoms with Crippen molar-refractivity contribution in [3.8, 4) is 0 Å². The van der Waals surface area contributed by atoms with Crippen LogP contribution in [0.5, 0.6) is 0 Å². The maximum Gasteiger partial charge on any atom is 0.225 e. The predicted octanol–water partition coefficient (Wildman–Crippen LogP) is 1.81. The highest BCUT2D eigenvalue weighted by molar-refractivity contribution is 5.81.